The van der Waals surface area contributed by atoms with E-state index in [9.17, 15) is 9.59 Å². The van der Waals surface area contributed by atoms with Gasteiger partial charge in [0.05, 0.1) is 5.69 Å². The molecule has 0 saturated carbocycles. The van der Waals surface area contributed by atoms with Crippen LogP contribution in [0.2, 0.25) is 0 Å². The van der Waals surface area contributed by atoms with E-state index in [-0.39, 0.29) is 23.7 Å². The first-order valence-corrected chi connectivity index (χ1v) is 9.97. The van der Waals surface area contributed by atoms with Crippen LogP contribution in [0.3, 0.4) is 0 Å². The van der Waals surface area contributed by atoms with Crippen LogP contribution < -0.4 is 19.9 Å². The number of amides is 1. The van der Waals surface area contributed by atoms with E-state index in [0.29, 0.717) is 42.5 Å². The minimum atomic E-state index is -0.251. The molecule has 2 aliphatic heterocycles. The third-order valence-corrected chi connectivity index (χ3v) is 6.27. The Hall–Kier alpha value is -3.03. The molecule has 1 aliphatic carbocycles. The van der Waals surface area contributed by atoms with E-state index >= 15 is 0 Å². The van der Waals surface area contributed by atoms with Gasteiger partial charge in [-0.2, -0.15) is 0 Å². The summed E-state index contributed by atoms with van der Waals surface area (Å²) in [5, 5.41) is 0. The number of likely N-dealkylation sites (tertiary alicyclic amines) is 1. The number of nitrogens with zero attached hydrogens (tertiary/aromatic N) is 3. The van der Waals surface area contributed by atoms with Crippen molar-refractivity contribution in [3.63, 3.8) is 0 Å². The molecule has 1 atom stereocenters. The van der Waals surface area contributed by atoms with Crippen LogP contribution in [0.1, 0.15) is 40.9 Å². The Morgan fingerprint density at radius 1 is 1.24 bits per heavy atom. The number of hydrogen-bond donors (Lipinski definition) is 1. The molecule has 1 N–H and O–H groups in total. The average molecular weight is 396 g/mol. The van der Waals surface area contributed by atoms with Crippen LogP contribution in [0.25, 0.3) is 0 Å². The molecule has 1 aromatic heterocycles. The van der Waals surface area contributed by atoms with E-state index in [0.717, 1.165) is 30.5 Å². The maximum Gasteiger partial charge on any atom is 0.255 e. The molecule has 0 bridgehead atoms. The molecule has 1 saturated heterocycles. The van der Waals surface area contributed by atoms with E-state index in [1.165, 1.54) is 0 Å². The second kappa shape index (κ2) is 6.50. The monoisotopic (exact) mass is 396 g/mol. The predicted molar refractivity (Wildman–Crippen MR) is 107 cm³/mol. The highest BCUT2D eigenvalue weighted by molar-refractivity contribution is 5.95. The summed E-state index contributed by atoms with van der Waals surface area (Å²) in [6.45, 7) is 1.47. The van der Waals surface area contributed by atoms with Crippen molar-refractivity contribution in [1.82, 2.24) is 14.9 Å². The van der Waals surface area contributed by atoms with Gasteiger partial charge in [-0.25, -0.2) is 4.98 Å². The maximum atomic E-state index is 13.2. The molecule has 3 aliphatic rings. The fraction of sp³-hybridized carbons (Fsp3) is 0.476. The number of ether oxygens (including phenoxy) is 2. The number of hydrogen-bond acceptors (Lipinski definition) is 6. The number of benzene rings is 1. The van der Waals surface area contributed by atoms with Gasteiger partial charge in [-0.05, 0) is 43.9 Å². The van der Waals surface area contributed by atoms with Crippen LogP contribution in [0.4, 0.5) is 5.95 Å². The molecular weight excluding hydrogens is 372 g/mol. The lowest BCUT2D eigenvalue weighted by atomic mass is 9.77. The van der Waals surface area contributed by atoms with Crippen LogP contribution >= 0.6 is 0 Å². The molecule has 1 fully saturated rings. The Bertz CT molecular complexity index is 1050. The minimum Gasteiger partial charge on any atom is -0.454 e. The zero-order valence-electron chi connectivity index (χ0n) is 16.7. The van der Waals surface area contributed by atoms with Gasteiger partial charge in [0.15, 0.2) is 11.5 Å². The molecule has 1 aromatic carbocycles. The second-order valence-corrected chi connectivity index (χ2v) is 8.29. The zero-order valence-corrected chi connectivity index (χ0v) is 16.7. The van der Waals surface area contributed by atoms with Gasteiger partial charge in [-0.3, -0.25) is 14.6 Å². The molecule has 5 rings (SSSR count). The molecule has 1 amide bonds. The number of carbonyl (C=O) groups is 1. The summed E-state index contributed by atoms with van der Waals surface area (Å²) in [6, 6.07) is 5.32. The number of piperidine rings is 1. The number of rotatable bonds is 2. The smallest absolute Gasteiger partial charge is 0.255 e. The van der Waals surface area contributed by atoms with E-state index in [4.69, 9.17) is 14.5 Å². The van der Waals surface area contributed by atoms with Crippen molar-refractivity contribution in [2.45, 2.75) is 31.1 Å². The molecule has 29 heavy (non-hydrogen) atoms. The standard InChI is InChI=1S/C21H24N4O4/c1-24(2)20-22-17-14(18(26)23-20)6-8-21(17)7-3-9-25(11-21)19(27)13-4-5-15-16(10-13)29-12-28-15/h4-5,10H,3,6-9,11-12H2,1-2H3,(H,22,23,26). The highest BCUT2D eigenvalue weighted by Gasteiger charge is 2.46. The molecular formula is C21H24N4O4. The lowest BCUT2D eigenvalue weighted by Gasteiger charge is -2.40. The van der Waals surface area contributed by atoms with Crippen molar-refractivity contribution >= 4 is 11.9 Å². The highest BCUT2D eigenvalue weighted by atomic mass is 16.7. The van der Waals surface area contributed by atoms with E-state index in [2.05, 4.69) is 4.98 Å². The lowest BCUT2D eigenvalue weighted by molar-refractivity contribution is 0.0633. The fourth-order valence-corrected chi connectivity index (χ4v) is 4.77. The molecule has 8 nitrogen and oxygen atoms in total. The van der Waals surface area contributed by atoms with E-state index in [1.54, 1.807) is 18.2 Å². The van der Waals surface area contributed by atoms with Gasteiger partial charge in [-0.15, -0.1) is 0 Å². The Morgan fingerprint density at radius 3 is 2.90 bits per heavy atom. The summed E-state index contributed by atoms with van der Waals surface area (Å²) in [6.07, 6.45) is 3.38. The summed E-state index contributed by atoms with van der Waals surface area (Å²) in [5.41, 5.74) is 1.92. The number of anilines is 1. The van der Waals surface area contributed by atoms with Crippen molar-refractivity contribution in [3.8, 4) is 11.5 Å². The number of aromatic nitrogens is 2. The van der Waals surface area contributed by atoms with Gasteiger partial charge < -0.3 is 19.3 Å². The quantitative estimate of drug-likeness (QED) is 0.831. The number of H-pyrrole nitrogens is 1. The summed E-state index contributed by atoms with van der Waals surface area (Å²) in [4.78, 5) is 37.2. The Balaban J connectivity index is 1.46. The Morgan fingerprint density at radius 2 is 2.07 bits per heavy atom. The van der Waals surface area contributed by atoms with Gasteiger partial charge >= 0.3 is 0 Å². The number of fused-ring (bicyclic) bond motifs is 3. The summed E-state index contributed by atoms with van der Waals surface area (Å²) < 4.78 is 10.8. The minimum absolute atomic E-state index is 0.0199. The van der Waals surface area contributed by atoms with Gasteiger partial charge in [0.25, 0.3) is 11.5 Å². The largest absolute Gasteiger partial charge is 0.454 e. The lowest BCUT2D eigenvalue weighted by Crippen LogP contribution is -2.48. The summed E-state index contributed by atoms with van der Waals surface area (Å²) in [5.74, 6) is 1.82. The molecule has 0 radical (unpaired) electrons. The Labute approximate surface area is 168 Å². The zero-order chi connectivity index (χ0) is 20.2. The van der Waals surface area contributed by atoms with Crippen molar-refractivity contribution in [2.75, 3.05) is 38.9 Å². The van der Waals surface area contributed by atoms with E-state index < -0.39 is 0 Å². The van der Waals surface area contributed by atoms with Crippen molar-refractivity contribution in [2.24, 2.45) is 0 Å². The van der Waals surface area contributed by atoms with Gasteiger partial charge in [0.2, 0.25) is 12.7 Å². The highest BCUT2D eigenvalue weighted by Crippen LogP contribution is 2.43. The first-order chi connectivity index (χ1) is 14.0. The first-order valence-electron chi connectivity index (χ1n) is 9.97. The van der Waals surface area contributed by atoms with Crippen molar-refractivity contribution in [1.29, 1.82) is 0 Å². The molecule has 3 heterocycles. The summed E-state index contributed by atoms with van der Waals surface area (Å²) in [7, 11) is 3.73. The average Bonchev–Trinajstić information content (AvgIpc) is 3.32. The van der Waals surface area contributed by atoms with E-state index in [1.807, 2.05) is 23.9 Å². The predicted octanol–water partition coefficient (Wildman–Crippen LogP) is 1.68. The molecule has 2 aromatic rings. The number of nitrogens with one attached hydrogen (secondary N) is 1. The van der Waals surface area contributed by atoms with Crippen molar-refractivity contribution in [3.05, 3.63) is 45.4 Å². The van der Waals surface area contributed by atoms with Crippen LogP contribution in [0.15, 0.2) is 23.0 Å². The first kappa shape index (κ1) is 18.0. The van der Waals surface area contributed by atoms with Crippen molar-refractivity contribution < 1.29 is 14.3 Å². The molecule has 1 spiro atoms. The third kappa shape index (κ3) is 2.85. The summed E-state index contributed by atoms with van der Waals surface area (Å²) >= 11 is 0. The van der Waals surface area contributed by atoms with Gasteiger partial charge in [0.1, 0.15) is 0 Å². The molecule has 8 heteroatoms. The van der Waals surface area contributed by atoms with Crippen LogP contribution in [0.5, 0.6) is 11.5 Å². The molecule has 1 unspecified atom stereocenters. The number of aromatic amines is 1. The van der Waals surface area contributed by atoms with Crippen LogP contribution in [-0.2, 0) is 11.8 Å². The second-order valence-electron chi connectivity index (χ2n) is 8.29. The van der Waals surface area contributed by atoms with Gasteiger partial charge in [-0.1, -0.05) is 0 Å². The number of carbonyl (C=O) groups excluding carboxylic acids is 1. The van der Waals surface area contributed by atoms with Gasteiger partial charge in [0, 0.05) is 43.7 Å². The normalized spacial score (nSPS) is 22.1. The Kier molecular flexibility index (Phi) is 4.04. The van der Waals surface area contributed by atoms with Crippen LogP contribution in [-0.4, -0.2) is 54.8 Å². The fourth-order valence-electron chi connectivity index (χ4n) is 4.77. The SMILES string of the molecule is CN(C)c1nc2c(c(=O)[nH]1)CCC21CCCN(C(=O)c2ccc3c(c2)OCO3)C1. The topological polar surface area (TPSA) is 87.8 Å². The molecule has 152 valence electrons. The van der Waals surface area contributed by atoms with Crippen LogP contribution in [0, 0.1) is 0 Å². The maximum absolute atomic E-state index is 13.2. The third-order valence-electron chi connectivity index (χ3n) is 6.27.